The maximum absolute atomic E-state index is 13.6. The Morgan fingerprint density at radius 1 is 1.00 bits per heavy atom. The number of urea groups is 1. The second-order valence-electron chi connectivity index (χ2n) is 11.4. The molecule has 2 amide bonds. The molecule has 3 aromatic carbocycles. The van der Waals surface area contributed by atoms with Gasteiger partial charge in [-0.1, -0.05) is 24.3 Å². The van der Waals surface area contributed by atoms with E-state index in [1.807, 2.05) is 38.1 Å². The number of aromatic hydroxyl groups is 1. The number of nitrogens with zero attached hydrogens (tertiary/aromatic N) is 1. The van der Waals surface area contributed by atoms with E-state index in [9.17, 15) is 18.3 Å². The van der Waals surface area contributed by atoms with Crippen molar-refractivity contribution < 1.29 is 18.3 Å². The highest BCUT2D eigenvalue weighted by Crippen LogP contribution is 2.37. The van der Waals surface area contributed by atoms with Crippen molar-refractivity contribution in [3.05, 3.63) is 78.5 Å². The number of benzene rings is 3. The number of amides is 2. The highest BCUT2D eigenvalue weighted by atomic mass is 32.2. The first-order valence-corrected chi connectivity index (χ1v) is 16.5. The number of hydrogen-bond acceptors (Lipinski definition) is 7. The Bertz CT molecular complexity index is 1750. The number of thiazole rings is 1. The van der Waals surface area contributed by atoms with Crippen LogP contribution < -0.4 is 26.0 Å². The van der Waals surface area contributed by atoms with Crippen LogP contribution in [0.2, 0.25) is 0 Å². The minimum Gasteiger partial charge on any atom is -0.508 e. The molecule has 0 aliphatic carbocycles. The predicted molar refractivity (Wildman–Crippen MR) is 182 cm³/mol. The van der Waals surface area contributed by atoms with Crippen molar-refractivity contribution in [2.75, 3.05) is 10.6 Å². The lowest BCUT2D eigenvalue weighted by molar-refractivity contribution is 0.251. The Morgan fingerprint density at radius 3 is 2.34 bits per heavy atom. The molecule has 6 N–H and O–H groups in total. The van der Waals surface area contributed by atoms with Gasteiger partial charge in [0.05, 0.1) is 9.77 Å². The summed E-state index contributed by atoms with van der Waals surface area (Å²) >= 11 is 6.68. The molecule has 0 radical (unpaired) electrons. The molecule has 0 aliphatic heterocycles. The molecular formula is C31H36N6O4S3. The molecule has 0 saturated heterocycles. The third-order valence-corrected chi connectivity index (χ3v) is 9.08. The Kier molecular flexibility index (Phi) is 10.3. The molecule has 4 aromatic rings. The van der Waals surface area contributed by atoms with E-state index in [1.165, 1.54) is 23.5 Å². The SMILES string of the molecule is CC(C)NC(=S)Nc1ccc(-c2ncc(-c3ccc(NC(=O)NCc4ccccc4O)cc3S(=O)(=O)NC(C)(C)C)s2)cc1. The highest BCUT2D eigenvalue weighted by molar-refractivity contribution is 7.89. The monoisotopic (exact) mass is 652 g/mol. The zero-order chi connectivity index (χ0) is 32.1. The number of aromatic nitrogens is 1. The van der Waals surface area contributed by atoms with E-state index in [0.717, 1.165) is 11.3 Å². The zero-order valence-corrected chi connectivity index (χ0v) is 27.5. The molecule has 13 heteroatoms. The Hall–Kier alpha value is -4.04. The number of thiocarbonyl (C=S) groups is 1. The van der Waals surface area contributed by atoms with E-state index in [-0.39, 0.29) is 28.9 Å². The van der Waals surface area contributed by atoms with E-state index in [4.69, 9.17) is 12.2 Å². The first kappa shape index (κ1) is 32.9. The van der Waals surface area contributed by atoms with E-state index in [0.29, 0.717) is 26.1 Å². The molecule has 1 heterocycles. The summed E-state index contributed by atoms with van der Waals surface area (Å²) in [6, 6.07) is 18.7. The van der Waals surface area contributed by atoms with Gasteiger partial charge in [-0.25, -0.2) is 22.9 Å². The molecule has 0 saturated carbocycles. The van der Waals surface area contributed by atoms with Crippen LogP contribution in [0.5, 0.6) is 5.75 Å². The van der Waals surface area contributed by atoms with Gasteiger partial charge >= 0.3 is 6.03 Å². The van der Waals surface area contributed by atoms with Gasteiger partial charge in [0.2, 0.25) is 10.0 Å². The standard InChI is InChI=1S/C31H36N6O4S3/c1-19(2)34-30(42)36-22-12-10-20(11-13-22)28-32-18-26(43-28)24-15-14-23(16-27(24)44(40,41)37-31(3,4)5)35-29(39)33-17-21-8-6-7-9-25(21)38/h6-16,18-19,37-38H,17H2,1-5H3,(H2,33,35,39)(H2,34,36,42). The van der Waals surface area contributed by atoms with Gasteiger partial charge in [0.25, 0.3) is 0 Å². The lowest BCUT2D eigenvalue weighted by Crippen LogP contribution is -2.40. The predicted octanol–water partition coefficient (Wildman–Crippen LogP) is 6.28. The van der Waals surface area contributed by atoms with Crippen LogP contribution in [0.3, 0.4) is 0 Å². The maximum atomic E-state index is 13.6. The molecule has 44 heavy (non-hydrogen) atoms. The summed E-state index contributed by atoms with van der Waals surface area (Å²) in [5, 5.41) is 22.9. The Labute approximate surface area is 267 Å². The highest BCUT2D eigenvalue weighted by Gasteiger charge is 2.26. The van der Waals surface area contributed by atoms with Crippen LogP contribution in [0.1, 0.15) is 40.2 Å². The molecule has 1 aromatic heterocycles. The minimum absolute atomic E-state index is 0.00633. The van der Waals surface area contributed by atoms with Crippen LogP contribution in [-0.2, 0) is 16.6 Å². The van der Waals surface area contributed by atoms with Gasteiger partial charge in [-0.05, 0) is 89.3 Å². The Balaban J connectivity index is 1.58. The molecular weight excluding hydrogens is 617 g/mol. The van der Waals surface area contributed by atoms with Crippen LogP contribution in [0.25, 0.3) is 21.0 Å². The number of rotatable bonds is 9. The lowest BCUT2D eigenvalue weighted by Gasteiger charge is -2.22. The normalized spacial score (nSPS) is 11.7. The fourth-order valence-electron chi connectivity index (χ4n) is 4.15. The Morgan fingerprint density at radius 2 is 1.68 bits per heavy atom. The van der Waals surface area contributed by atoms with Crippen LogP contribution in [-0.4, -0.2) is 41.2 Å². The summed E-state index contributed by atoms with van der Waals surface area (Å²) in [4.78, 5) is 17.9. The number of para-hydroxylation sites is 1. The third-order valence-electron chi connectivity index (χ3n) is 5.98. The number of phenols is 1. The van der Waals surface area contributed by atoms with Crippen LogP contribution in [0, 0.1) is 0 Å². The summed E-state index contributed by atoms with van der Waals surface area (Å²) in [6.07, 6.45) is 1.64. The number of carbonyl (C=O) groups is 1. The average molecular weight is 653 g/mol. The van der Waals surface area contributed by atoms with Crippen molar-refractivity contribution in [3.63, 3.8) is 0 Å². The summed E-state index contributed by atoms with van der Waals surface area (Å²) in [6.45, 7) is 9.38. The number of anilines is 2. The van der Waals surface area contributed by atoms with Gasteiger partial charge in [-0.15, -0.1) is 11.3 Å². The van der Waals surface area contributed by atoms with Crippen molar-refractivity contribution in [2.45, 2.75) is 57.6 Å². The van der Waals surface area contributed by atoms with E-state index in [2.05, 4.69) is 31.0 Å². The minimum atomic E-state index is -4.00. The summed E-state index contributed by atoms with van der Waals surface area (Å²) < 4.78 is 29.9. The van der Waals surface area contributed by atoms with Gasteiger partial charge in [-0.2, -0.15) is 0 Å². The largest absolute Gasteiger partial charge is 0.508 e. The zero-order valence-electron chi connectivity index (χ0n) is 25.1. The van der Waals surface area contributed by atoms with Gasteiger partial charge in [-0.3, -0.25) is 0 Å². The number of sulfonamides is 1. The van der Waals surface area contributed by atoms with Gasteiger partial charge < -0.3 is 26.4 Å². The lowest BCUT2D eigenvalue weighted by atomic mass is 10.1. The third kappa shape index (κ3) is 8.99. The molecule has 0 aliphatic rings. The number of nitrogens with one attached hydrogen (secondary N) is 5. The molecule has 0 spiro atoms. The molecule has 0 atom stereocenters. The molecule has 10 nitrogen and oxygen atoms in total. The van der Waals surface area contributed by atoms with Crippen molar-refractivity contribution in [1.29, 1.82) is 0 Å². The first-order valence-electron chi connectivity index (χ1n) is 13.8. The quantitative estimate of drug-likeness (QED) is 0.116. The molecule has 4 rings (SSSR count). The average Bonchev–Trinajstić information content (AvgIpc) is 3.41. The van der Waals surface area contributed by atoms with Crippen molar-refractivity contribution >= 4 is 56.1 Å². The molecule has 0 bridgehead atoms. The smallest absolute Gasteiger partial charge is 0.319 e. The van der Waals surface area contributed by atoms with Crippen molar-refractivity contribution in [2.24, 2.45) is 0 Å². The summed E-state index contributed by atoms with van der Waals surface area (Å²) in [7, 11) is -4.00. The fourth-order valence-corrected chi connectivity index (χ4v) is 7.20. The van der Waals surface area contributed by atoms with Crippen LogP contribution >= 0.6 is 23.6 Å². The fraction of sp³-hybridized carbons (Fsp3) is 0.258. The van der Waals surface area contributed by atoms with Crippen molar-refractivity contribution in [1.82, 2.24) is 20.3 Å². The van der Waals surface area contributed by atoms with E-state index >= 15 is 0 Å². The van der Waals surface area contributed by atoms with Crippen LogP contribution in [0.4, 0.5) is 16.2 Å². The van der Waals surface area contributed by atoms with E-state index in [1.54, 1.807) is 57.3 Å². The van der Waals surface area contributed by atoms with E-state index < -0.39 is 21.6 Å². The number of carbonyl (C=O) groups excluding carboxylic acids is 1. The van der Waals surface area contributed by atoms with Gasteiger partial charge in [0.1, 0.15) is 10.8 Å². The van der Waals surface area contributed by atoms with Crippen molar-refractivity contribution in [3.8, 4) is 26.8 Å². The maximum Gasteiger partial charge on any atom is 0.319 e. The summed E-state index contributed by atoms with van der Waals surface area (Å²) in [5.41, 5.74) is 2.25. The van der Waals surface area contributed by atoms with Crippen LogP contribution in [0.15, 0.2) is 77.8 Å². The van der Waals surface area contributed by atoms with Gasteiger partial charge in [0.15, 0.2) is 5.11 Å². The topological polar surface area (TPSA) is 144 Å². The second kappa shape index (κ2) is 13.7. The number of hydrogen-bond donors (Lipinski definition) is 6. The number of phenolic OH excluding ortho intramolecular Hbond substituents is 1. The first-order chi connectivity index (χ1) is 20.7. The van der Waals surface area contributed by atoms with Gasteiger partial charge in [0, 0.05) is 52.4 Å². The molecule has 0 fully saturated rings. The second-order valence-corrected chi connectivity index (χ2v) is 14.5. The molecule has 232 valence electrons. The molecule has 0 unspecified atom stereocenters. The summed E-state index contributed by atoms with van der Waals surface area (Å²) in [5.74, 6) is 0.0679.